The van der Waals surface area contributed by atoms with Crippen LogP contribution in [0.4, 0.5) is 17.2 Å². The van der Waals surface area contributed by atoms with Crippen LogP contribution in [0.15, 0.2) is 33.1 Å². The van der Waals surface area contributed by atoms with Crippen molar-refractivity contribution < 1.29 is 9.26 Å². The van der Waals surface area contributed by atoms with E-state index in [0.717, 1.165) is 24.2 Å². The van der Waals surface area contributed by atoms with Crippen molar-refractivity contribution in [1.82, 2.24) is 5.16 Å². The van der Waals surface area contributed by atoms with Crippen LogP contribution < -0.4 is 9.64 Å². The second kappa shape index (κ2) is 7.47. The number of benzene rings is 1. The second-order valence-electron chi connectivity index (χ2n) is 6.14. The molecule has 0 N–H and O–H groups in total. The Bertz CT molecular complexity index is 724. The van der Waals surface area contributed by atoms with Gasteiger partial charge >= 0.3 is 0 Å². The number of aromatic nitrogens is 1. The van der Waals surface area contributed by atoms with Crippen LogP contribution in [0.25, 0.3) is 0 Å². The lowest BCUT2D eigenvalue weighted by Gasteiger charge is -2.26. The predicted octanol–water partition coefficient (Wildman–Crippen LogP) is 4.96. The van der Waals surface area contributed by atoms with Crippen LogP contribution in [0, 0.1) is 6.92 Å². The van der Waals surface area contributed by atoms with Crippen LogP contribution in [0.5, 0.6) is 5.75 Å². The molecule has 0 unspecified atom stereocenters. The Labute approximate surface area is 142 Å². The van der Waals surface area contributed by atoms with E-state index in [2.05, 4.69) is 46.4 Å². The Morgan fingerprint density at radius 2 is 2.12 bits per heavy atom. The Morgan fingerprint density at radius 3 is 2.96 bits per heavy atom. The van der Waals surface area contributed by atoms with E-state index in [1.807, 2.05) is 6.92 Å². The Balaban J connectivity index is 1.89. The molecule has 1 aromatic carbocycles. The largest absolute Gasteiger partial charge is 0.487 e. The summed E-state index contributed by atoms with van der Waals surface area (Å²) in [4.78, 5) is 2.34. The van der Waals surface area contributed by atoms with E-state index < -0.39 is 0 Å². The van der Waals surface area contributed by atoms with Crippen molar-refractivity contribution in [3.8, 4) is 5.75 Å². The molecular formula is C18H24N4O2. The molecule has 0 amide bonds. The highest BCUT2D eigenvalue weighted by Crippen LogP contribution is 2.34. The third-order valence-electron chi connectivity index (χ3n) is 4.32. The standard InChI is InChI=1S/C18H24N4O2/c1-4-23-17-12-24-21-18(17)20-19-15-11-14-8-6-5-7-9-22(3)16(14)10-13(15)2/h10-12H,4-9H2,1-3H3. The Hall–Kier alpha value is -2.37. The summed E-state index contributed by atoms with van der Waals surface area (Å²) in [6, 6.07) is 4.36. The maximum Gasteiger partial charge on any atom is 0.258 e. The van der Waals surface area contributed by atoms with Crippen LogP contribution in [0.2, 0.25) is 0 Å². The molecule has 0 radical (unpaired) electrons. The smallest absolute Gasteiger partial charge is 0.258 e. The highest BCUT2D eigenvalue weighted by atomic mass is 16.5. The summed E-state index contributed by atoms with van der Waals surface area (Å²) in [6.45, 7) is 5.61. The van der Waals surface area contributed by atoms with Gasteiger partial charge in [-0.05, 0) is 56.4 Å². The van der Waals surface area contributed by atoms with E-state index in [1.165, 1.54) is 36.8 Å². The van der Waals surface area contributed by atoms with Gasteiger partial charge in [-0.1, -0.05) is 11.6 Å². The molecule has 1 aliphatic heterocycles. The molecule has 0 saturated carbocycles. The number of azo groups is 1. The van der Waals surface area contributed by atoms with Gasteiger partial charge < -0.3 is 14.2 Å². The molecule has 2 aromatic rings. The van der Waals surface area contributed by atoms with Gasteiger partial charge in [-0.25, -0.2) is 0 Å². The van der Waals surface area contributed by atoms with Crippen LogP contribution >= 0.6 is 0 Å². The molecule has 0 aliphatic carbocycles. The van der Waals surface area contributed by atoms with Gasteiger partial charge in [0.1, 0.15) is 0 Å². The van der Waals surface area contributed by atoms with Crippen LogP contribution in [-0.4, -0.2) is 25.4 Å². The fraction of sp³-hybridized carbons (Fsp3) is 0.500. The first-order valence-electron chi connectivity index (χ1n) is 8.52. The summed E-state index contributed by atoms with van der Waals surface area (Å²) in [6.07, 6.45) is 6.27. The SMILES string of the molecule is CCOc1conc1N=Nc1cc2c(cc1C)N(C)CCCCC2. The van der Waals surface area contributed by atoms with Crippen molar-refractivity contribution in [3.63, 3.8) is 0 Å². The summed E-state index contributed by atoms with van der Waals surface area (Å²) in [5.74, 6) is 0.894. The molecule has 0 fully saturated rings. The topological polar surface area (TPSA) is 63.2 Å². The van der Waals surface area contributed by atoms with E-state index in [4.69, 9.17) is 9.26 Å². The highest BCUT2D eigenvalue weighted by molar-refractivity contribution is 5.63. The van der Waals surface area contributed by atoms with Crippen molar-refractivity contribution in [2.45, 2.75) is 39.5 Å². The molecule has 1 aromatic heterocycles. The molecule has 3 rings (SSSR count). The van der Waals surface area contributed by atoms with E-state index >= 15 is 0 Å². The van der Waals surface area contributed by atoms with Crippen LogP contribution in [0.3, 0.4) is 0 Å². The molecule has 2 heterocycles. The summed E-state index contributed by atoms with van der Waals surface area (Å²) in [7, 11) is 2.16. The number of hydrogen-bond donors (Lipinski definition) is 0. The first-order valence-corrected chi connectivity index (χ1v) is 8.52. The predicted molar refractivity (Wildman–Crippen MR) is 93.9 cm³/mol. The molecular weight excluding hydrogens is 304 g/mol. The maximum absolute atomic E-state index is 5.41. The number of hydrogen-bond acceptors (Lipinski definition) is 6. The van der Waals surface area contributed by atoms with Gasteiger partial charge in [0.2, 0.25) is 5.75 Å². The maximum atomic E-state index is 5.41. The highest BCUT2D eigenvalue weighted by Gasteiger charge is 2.14. The van der Waals surface area contributed by atoms with Gasteiger partial charge in [-0.3, -0.25) is 0 Å². The van der Waals surface area contributed by atoms with E-state index in [0.29, 0.717) is 18.2 Å². The fourth-order valence-corrected chi connectivity index (χ4v) is 2.99. The van der Waals surface area contributed by atoms with E-state index in [9.17, 15) is 0 Å². The van der Waals surface area contributed by atoms with Gasteiger partial charge in [0, 0.05) is 19.3 Å². The number of ether oxygens (including phenoxy) is 1. The van der Waals surface area contributed by atoms with Crippen molar-refractivity contribution >= 4 is 17.2 Å². The molecule has 1 aliphatic rings. The van der Waals surface area contributed by atoms with Crippen molar-refractivity contribution in [2.75, 3.05) is 25.1 Å². The zero-order valence-electron chi connectivity index (χ0n) is 14.6. The summed E-state index contributed by atoms with van der Waals surface area (Å²) in [5, 5.41) is 12.4. The molecule has 24 heavy (non-hydrogen) atoms. The molecule has 0 bridgehead atoms. The number of anilines is 1. The van der Waals surface area contributed by atoms with Gasteiger partial charge in [-0.2, -0.15) is 0 Å². The van der Waals surface area contributed by atoms with Crippen molar-refractivity contribution in [2.24, 2.45) is 10.2 Å². The third kappa shape index (κ3) is 3.58. The lowest BCUT2D eigenvalue weighted by atomic mass is 9.99. The molecule has 0 spiro atoms. The first-order chi connectivity index (χ1) is 11.7. The molecule has 0 atom stereocenters. The van der Waals surface area contributed by atoms with Crippen LogP contribution in [0.1, 0.15) is 37.3 Å². The van der Waals surface area contributed by atoms with Gasteiger partial charge in [0.05, 0.1) is 12.3 Å². The molecule has 6 nitrogen and oxygen atoms in total. The zero-order chi connectivity index (χ0) is 16.9. The minimum absolute atomic E-state index is 0.375. The monoisotopic (exact) mass is 328 g/mol. The van der Waals surface area contributed by atoms with E-state index in [1.54, 1.807) is 0 Å². The second-order valence-corrected chi connectivity index (χ2v) is 6.14. The third-order valence-corrected chi connectivity index (χ3v) is 4.32. The Kier molecular flexibility index (Phi) is 5.13. The quantitative estimate of drug-likeness (QED) is 0.744. The van der Waals surface area contributed by atoms with Crippen LogP contribution in [-0.2, 0) is 6.42 Å². The average Bonchev–Trinajstić information content (AvgIpc) is 3.00. The van der Waals surface area contributed by atoms with Gasteiger partial charge in [0.25, 0.3) is 5.82 Å². The molecule has 128 valence electrons. The van der Waals surface area contributed by atoms with Gasteiger partial charge in [-0.15, -0.1) is 10.2 Å². The summed E-state index contributed by atoms with van der Waals surface area (Å²) < 4.78 is 10.3. The number of aryl methyl sites for hydroxylation is 2. The number of rotatable bonds is 4. The number of fused-ring (bicyclic) bond motifs is 1. The minimum atomic E-state index is 0.375. The molecule has 0 saturated heterocycles. The number of nitrogens with zero attached hydrogens (tertiary/aromatic N) is 4. The van der Waals surface area contributed by atoms with E-state index in [-0.39, 0.29) is 0 Å². The average molecular weight is 328 g/mol. The lowest BCUT2D eigenvalue weighted by molar-refractivity contribution is 0.333. The fourth-order valence-electron chi connectivity index (χ4n) is 2.99. The lowest BCUT2D eigenvalue weighted by Crippen LogP contribution is -2.21. The summed E-state index contributed by atoms with van der Waals surface area (Å²) >= 11 is 0. The first kappa shape index (κ1) is 16.5. The summed E-state index contributed by atoms with van der Waals surface area (Å²) in [5.41, 5.74) is 4.61. The molecule has 6 heteroatoms. The van der Waals surface area contributed by atoms with Crippen molar-refractivity contribution in [1.29, 1.82) is 0 Å². The normalized spacial score (nSPS) is 15.2. The minimum Gasteiger partial charge on any atom is -0.487 e. The Morgan fingerprint density at radius 1 is 1.25 bits per heavy atom. The van der Waals surface area contributed by atoms with Crippen molar-refractivity contribution in [3.05, 3.63) is 29.5 Å². The van der Waals surface area contributed by atoms with Gasteiger partial charge in [0.15, 0.2) is 6.26 Å². The zero-order valence-corrected chi connectivity index (χ0v) is 14.6.